The van der Waals surface area contributed by atoms with Crippen LogP contribution in [0, 0.1) is 0 Å². The largest absolute Gasteiger partial charge is 0.493 e. The Morgan fingerprint density at radius 3 is 2.25 bits per heavy atom. The highest BCUT2D eigenvalue weighted by Gasteiger charge is 2.16. The van der Waals surface area contributed by atoms with E-state index in [1.54, 1.807) is 32.0 Å². The minimum Gasteiger partial charge on any atom is -0.493 e. The minimum absolute atomic E-state index is 0.539. The van der Waals surface area contributed by atoms with Crippen LogP contribution in [-0.2, 0) is 0 Å². The van der Waals surface area contributed by atoms with Gasteiger partial charge in [-0.25, -0.2) is 9.50 Å². The molecule has 0 atom stereocenters. The zero-order valence-corrected chi connectivity index (χ0v) is 16.4. The van der Waals surface area contributed by atoms with Gasteiger partial charge in [-0.1, -0.05) is 23.7 Å². The van der Waals surface area contributed by atoms with Gasteiger partial charge in [0.25, 0.3) is 0 Å². The van der Waals surface area contributed by atoms with E-state index in [2.05, 4.69) is 4.98 Å². The lowest BCUT2D eigenvalue weighted by atomic mass is 10.1. The van der Waals surface area contributed by atoms with Crippen molar-refractivity contribution in [2.45, 2.75) is 0 Å². The predicted molar refractivity (Wildman–Crippen MR) is 109 cm³/mol. The van der Waals surface area contributed by atoms with Crippen LogP contribution in [0.2, 0.25) is 5.02 Å². The molecule has 0 fully saturated rings. The van der Waals surface area contributed by atoms with E-state index in [0.717, 1.165) is 28.2 Å². The molecular weight excluding hydrogens is 378 g/mol. The second kappa shape index (κ2) is 7.40. The number of ether oxygens (including phenoxy) is 3. The molecule has 0 aliphatic heterocycles. The lowest BCUT2D eigenvalue weighted by Gasteiger charge is -2.14. The van der Waals surface area contributed by atoms with Gasteiger partial charge in [-0.3, -0.25) is 0 Å². The number of rotatable bonds is 5. The highest BCUT2D eigenvalue weighted by molar-refractivity contribution is 6.30. The molecule has 4 aromatic rings. The molecule has 0 aliphatic carbocycles. The first kappa shape index (κ1) is 18.1. The molecule has 2 aromatic heterocycles. The van der Waals surface area contributed by atoms with Gasteiger partial charge in [0.2, 0.25) is 5.75 Å². The number of imidazole rings is 1. The van der Waals surface area contributed by atoms with Crippen molar-refractivity contribution in [3.63, 3.8) is 0 Å². The standard InChI is InChI=1S/C21H18ClN3O3/c1-26-18-10-14(11-19(27-2)21(18)28-3)16-7-8-20-23-12-17(25(20)24-16)13-5-4-6-15(22)9-13/h4-12H,1-3H3. The van der Waals surface area contributed by atoms with E-state index in [-0.39, 0.29) is 0 Å². The molecule has 4 rings (SSSR count). The van der Waals surface area contributed by atoms with Crippen LogP contribution in [0.4, 0.5) is 0 Å². The van der Waals surface area contributed by atoms with Gasteiger partial charge in [0.1, 0.15) is 0 Å². The number of aromatic nitrogens is 3. The van der Waals surface area contributed by atoms with E-state index in [1.165, 1.54) is 0 Å². The fraction of sp³-hybridized carbons (Fsp3) is 0.143. The molecule has 0 bridgehead atoms. The average Bonchev–Trinajstić information content (AvgIpc) is 3.15. The summed E-state index contributed by atoms with van der Waals surface area (Å²) in [4.78, 5) is 4.44. The van der Waals surface area contributed by atoms with Crippen LogP contribution >= 0.6 is 11.6 Å². The smallest absolute Gasteiger partial charge is 0.203 e. The van der Waals surface area contributed by atoms with Crippen LogP contribution in [0.15, 0.2) is 54.7 Å². The number of methoxy groups -OCH3 is 3. The minimum atomic E-state index is 0.539. The van der Waals surface area contributed by atoms with E-state index in [1.807, 2.05) is 48.5 Å². The van der Waals surface area contributed by atoms with Gasteiger partial charge in [0.05, 0.1) is 38.9 Å². The molecule has 2 aromatic carbocycles. The molecule has 0 saturated carbocycles. The van der Waals surface area contributed by atoms with Crippen molar-refractivity contribution < 1.29 is 14.2 Å². The highest BCUT2D eigenvalue weighted by atomic mass is 35.5. The van der Waals surface area contributed by atoms with Gasteiger partial charge in [-0.05, 0) is 36.4 Å². The summed E-state index contributed by atoms with van der Waals surface area (Å²) in [6.07, 6.45) is 1.78. The Bertz CT molecular complexity index is 1130. The maximum atomic E-state index is 6.15. The zero-order valence-electron chi connectivity index (χ0n) is 15.6. The van der Waals surface area contributed by atoms with Crippen molar-refractivity contribution in [3.8, 4) is 39.8 Å². The summed E-state index contributed by atoms with van der Waals surface area (Å²) in [7, 11) is 4.75. The van der Waals surface area contributed by atoms with Gasteiger partial charge >= 0.3 is 0 Å². The Kier molecular flexibility index (Phi) is 4.79. The first-order chi connectivity index (χ1) is 13.6. The molecule has 0 radical (unpaired) electrons. The quantitative estimate of drug-likeness (QED) is 0.488. The molecule has 7 heteroatoms. The van der Waals surface area contributed by atoms with Gasteiger partial charge in [0.15, 0.2) is 17.1 Å². The second-order valence-electron chi connectivity index (χ2n) is 6.06. The lowest BCUT2D eigenvalue weighted by Crippen LogP contribution is -1.99. The van der Waals surface area contributed by atoms with E-state index < -0.39 is 0 Å². The van der Waals surface area contributed by atoms with Crippen molar-refractivity contribution in [2.24, 2.45) is 0 Å². The van der Waals surface area contributed by atoms with Crippen LogP contribution in [0.5, 0.6) is 17.2 Å². The van der Waals surface area contributed by atoms with E-state index in [0.29, 0.717) is 22.3 Å². The van der Waals surface area contributed by atoms with Gasteiger partial charge < -0.3 is 14.2 Å². The summed E-state index contributed by atoms with van der Waals surface area (Å²) in [5.74, 6) is 1.68. The molecule has 142 valence electrons. The first-order valence-electron chi connectivity index (χ1n) is 8.55. The molecule has 0 saturated heterocycles. The summed E-state index contributed by atoms with van der Waals surface area (Å²) in [6.45, 7) is 0. The first-order valence-corrected chi connectivity index (χ1v) is 8.93. The highest BCUT2D eigenvalue weighted by Crippen LogP contribution is 2.40. The number of hydrogen-bond donors (Lipinski definition) is 0. The molecule has 0 unspecified atom stereocenters. The van der Waals surface area contributed by atoms with Crippen LogP contribution in [0.25, 0.3) is 28.2 Å². The van der Waals surface area contributed by atoms with Gasteiger partial charge in [-0.2, -0.15) is 5.10 Å². The molecule has 0 N–H and O–H groups in total. The van der Waals surface area contributed by atoms with E-state index in [4.69, 9.17) is 30.9 Å². The number of benzene rings is 2. The summed E-state index contributed by atoms with van der Waals surface area (Å²) in [5, 5.41) is 5.44. The van der Waals surface area contributed by atoms with Crippen molar-refractivity contribution in [1.82, 2.24) is 14.6 Å². The number of halogens is 1. The second-order valence-corrected chi connectivity index (χ2v) is 6.49. The van der Waals surface area contributed by atoms with Crippen LogP contribution < -0.4 is 14.2 Å². The average molecular weight is 396 g/mol. The fourth-order valence-corrected chi connectivity index (χ4v) is 3.29. The number of fused-ring (bicyclic) bond motifs is 1. The van der Waals surface area contributed by atoms with Crippen LogP contribution in [0.1, 0.15) is 0 Å². The lowest BCUT2D eigenvalue weighted by molar-refractivity contribution is 0.324. The molecule has 0 amide bonds. The Balaban J connectivity index is 1.88. The van der Waals surface area contributed by atoms with Crippen LogP contribution in [0.3, 0.4) is 0 Å². The van der Waals surface area contributed by atoms with Crippen molar-refractivity contribution in [3.05, 3.63) is 59.8 Å². The molecule has 28 heavy (non-hydrogen) atoms. The normalized spacial score (nSPS) is 10.9. The molecular formula is C21H18ClN3O3. The third-order valence-electron chi connectivity index (χ3n) is 4.44. The Labute approximate surface area is 167 Å². The van der Waals surface area contributed by atoms with Crippen molar-refractivity contribution in [1.29, 1.82) is 0 Å². The summed E-state index contributed by atoms with van der Waals surface area (Å²) < 4.78 is 18.1. The Morgan fingerprint density at radius 1 is 0.857 bits per heavy atom. The van der Waals surface area contributed by atoms with Crippen LogP contribution in [-0.4, -0.2) is 35.9 Å². The SMILES string of the molecule is COc1cc(-c2ccc3ncc(-c4cccc(Cl)c4)n3n2)cc(OC)c1OC. The summed E-state index contributed by atoms with van der Waals surface area (Å²) in [5.41, 5.74) is 4.11. The molecule has 6 nitrogen and oxygen atoms in total. The summed E-state index contributed by atoms with van der Waals surface area (Å²) >= 11 is 6.15. The molecule has 0 spiro atoms. The maximum absolute atomic E-state index is 6.15. The molecule has 2 heterocycles. The maximum Gasteiger partial charge on any atom is 0.203 e. The fourth-order valence-electron chi connectivity index (χ4n) is 3.10. The predicted octanol–water partition coefficient (Wildman–Crippen LogP) is 4.74. The Hall–Kier alpha value is -3.25. The number of nitrogens with zero attached hydrogens (tertiary/aromatic N) is 3. The monoisotopic (exact) mass is 395 g/mol. The van der Waals surface area contributed by atoms with Gasteiger partial charge in [-0.15, -0.1) is 0 Å². The number of hydrogen-bond acceptors (Lipinski definition) is 5. The van der Waals surface area contributed by atoms with Crippen molar-refractivity contribution in [2.75, 3.05) is 21.3 Å². The topological polar surface area (TPSA) is 57.9 Å². The van der Waals surface area contributed by atoms with E-state index in [9.17, 15) is 0 Å². The van der Waals surface area contributed by atoms with Gasteiger partial charge in [0, 0.05) is 16.1 Å². The Morgan fingerprint density at radius 2 is 1.61 bits per heavy atom. The van der Waals surface area contributed by atoms with E-state index >= 15 is 0 Å². The molecule has 0 aliphatic rings. The third-order valence-corrected chi connectivity index (χ3v) is 4.68. The summed E-state index contributed by atoms with van der Waals surface area (Å²) in [6, 6.07) is 15.2. The third kappa shape index (κ3) is 3.12. The zero-order chi connectivity index (χ0) is 19.7. The van der Waals surface area contributed by atoms with Crippen molar-refractivity contribution >= 4 is 17.2 Å².